The fraction of sp³-hybridized carbons (Fsp3) is 0.154. The predicted molar refractivity (Wildman–Crippen MR) is 64.0 cm³/mol. The van der Waals surface area contributed by atoms with E-state index in [0.717, 1.165) is 0 Å². The Bertz CT molecular complexity index is 491. The van der Waals surface area contributed by atoms with Gasteiger partial charge in [0.1, 0.15) is 11.5 Å². The van der Waals surface area contributed by atoms with Crippen molar-refractivity contribution >= 4 is 11.6 Å². The number of hydrogen-bond acceptors (Lipinski definition) is 3. The molecule has 2 rings (SSSR count). The van der Waals surface area contributed by atoms with E-state index in [4.69, 9.17) is 9.15 Å². The minimum Gasteiger partial charge on any atom is -0.495 e. The van der Waals surface area contributed by atoms with Crippen molar-refractivity contribution in [1.29, 1.82) is 0 Å². The normalized spacial score (nSPS) is 9.94. The maximum absolute atomic E-state index is 11.7. The van der Waals surface area contributed by atoms with Crippen LogP contribution in [0.1, 0.15) is 5.76 Å². The Morgan fingerprint density at radius 1 is 1.29 bits per heavy atom. The first-order valence-electron chi connectivity index (χ1n) is 5.25. The number of ether oxygens (including phenoxy) is 1. The standard InChI is InChI=1S/C13H13NO3/c1-16-12-7-3-2-6-11(12)14-13(15)9-10-5-4-8-17-10/h2-8H,9H2,1H3,(H,14,15). The molecule has 0 unspecified atom stereocenters. The average Bonchev–Trinajstić information content (AvgIpc) is 2.82. The molecule has 0 saturated carbocycles. The van der Waals surface area contributed by atoms with Gasteiger partial charge in [0, 0.05) is 0 Å². The van der Waals surface area contributed by atoms with Crippen LogP contribution in [0.2, 0.25) is 0 Å². The molecule has 0 fully saturated rings. The van der Waals surface area contributed by atoms with Crippen molar-refractivity contribution in [2.24, 2.45) is 0 Å². The lowest BCUT2D eigenvalue weighted by atomic mass is 10.2. The van der Waals surface area contributed by atoms with Crippen LogP contribution < -0.4 is 10.1 Å². The molecule has 88 valence electrons. The molecule has 0 atom stereocenters. The molecular formula is C13H13NO3. The van der Waals surface area contributed by atoms with Gasteiger partial charge in [-0.15, -0.1) is 0 Å². The Balaban J connectivity index is 2.03. The summed E-state index contributed by atoms with van der Waals surface area (Å²) in [6.07, 6.45) is 1.76. The molecule has 1 amide bonds. The van der Waals surface area contributed by atoms with Crippen LogP contribution in [0, 0.1) is 0 Å². The topological polar surface area (TPSA) is 51.5 Å². The van der Waals surface area contributed by atoms with Crippen LogP contribution in [0.5, 0.6) is 5.75 Å². The van der Waals surface area contributed by atoms with E-state index in [1.807, 2.05) is 12.1 Å². The molecule has 4 nitrogen and oxygen atoms in total. The number of para-hydroxylation sites is 2. The highest BCUT2D eigenvalue weighted by atomic mass is 16.5. The van der Waals surface area contributed by atoms with E-state index in [1.54, 1.807) is 37.6 Å². The number of methoxy groups -OCH3 is 1. The van der Waals surface area contributed by atoms with Crippen LogP contribution in [0.4, 0.5) is 5.69 Å². The Hall–Kier alpha value is -2.23. The molecule has 0 spiro atoms. The van der Waals surface area contributed by atoms with E-state index >= 15 is 0 Å². The quantitative estimate of drug-likeness (QED) is 0.879. The Labute approximate surface area is 99.2 Å². The van der Waals surface area contributed by atoms with E-state index in [-0.39, 0.29) is 12.3 Å². The summed E-state index contributed by atoms with van der Waals surface area (Å²) < 4.78 is 10.2. The minimum atomic E-state index is -0.135. The number of carbonyl (C=O) groups excluding carboxylic acids is 1. The smallest absolute Gasteiger partial charge is 0.232 e. The van der Waals surface area contributed by atoms with Crippen molar-refractivity contribution in [3.8, 4) is 5.75 Å². The zero-order valence-electron chi connectivity index (χ0n) is 9.47. The zero-order chi connectivity index (χ0) is 12.1. The number of carbonyl (C=O) groups is 1. The molecule has 0 radical (unpaired) electrons. The first-order valence-corrected chi connectivity index (χ1v) is 5.25. The van der Waals surface area contributed by atoms with Gasteiger partial charge in [0.2, 0.25) is 5.91 Å². The Morgan fingerprint density at radius 3 is 2.82 bits per heavy atom. The van der Waals surface area contributed by atoms with Gasteiger partial charge in [0.25, 0.3) is 0 Å². The largest absolute Gasteiger partial charge is 0.495 e. The summed E-state index contributed by atoms with van der Waals surface area (Å²) in [5.74, 6) is 1.14. The maximum atomic E-state index is 11.7. The summed E-state index contributed by atoms with van der Waals surface area (Å²) in [5, 5.41) is 2.78. The van der Waals surface area contributed by atoms with Gasteiger partial charge in [0.05, 0.1) is 25.5 Å². The molecular weight excluding hydrogens is 218 g/mol. The summed E-state index contributed by atoms with van der Waals surface area (Å²) in [5.41, 5.74) is 0.659. The SMILES string of the molecule is COc1ccccc1NC(=O)Cc1ccco1. The lowest BCUT2D eigenvalue weighted by Gasteiger charge is -2.08. The zero-order valence-corrected chi connectivity index (χ0v) is 9.47. The number of amides is 1. The van der Waals surface area contributed by atoms with Gasteiger partial charge in [-0.1, -0.05) is 12.1 Å². The number of rotatable bonds is 4. The second-order valence-corrected chi connectivity index (χ2v) is 3.50. The highest BCUT2D eigenvalue weighted by Crippen LogP contribution is 2.23. The number of benzene rings is 1. The van der Waals surface area contributed by atoms with E-state index < -0.39 is 0 Å². The molecule has 17 heavy (non-hydrogen) atoms. The highest BCUT2D eigenvalue weighted by Gasteiger charge is 2.08. The molecule has 0 saturated heterocycles. The lowest BCUT2D eigenvalue weighted by Crippen LogP contribution is -2.14. The van der Waals surface area contributed by atoms with Crippen molar-refractivity contribution < 1.29 is 13.9 Å². The molecule has 1 aromatic heterocycles. The number of hydrogen-bond donors (Lipinski definition) is 1. The van der Waals surface area contributed by atoms with E-state index in [2.05, 4.69) is 5.32 Å². The van der Waals surface area contributed by atoms with Crippen molar-refractivity contribution in [3.05, 3.63) is 48.4 Å². The summed E-state index contributed by atoms with van der Waals surface area (Å²) >= 11 is 0. The Kier molecular flexibility index (Phi) is 3.45. The third-order valence-corrected chi connectivity index (χ3v) is 2.30. The fourth-order valence-electron chi connectivity index (χ4n) is 1.51. The van der Waals surface area contributed by atoms with Crippen LogP contribution in [0.25, 0.3) is 0 Å². The number of furan rings is 1. The summed E-state index contributed by atoms with van der Waals surface area (Å²) in [6.45, 7) is 0. The van der Waals surface area contributed by atoms with E-state index in [1.165, 1.54) is 0 Å². The van der Waals surface area contributed by atoms with Crippen molar-refractivity contribution in [3.63, 3.8) is 0 Å². The molecule has 2 aromatic rings. The average molecular weight is 231 g/mol. The number of anilines is 1. The van der Waals surface area contributed by atoms with Gasteiger partial charge >= 0.3 is 0 Å². The van der Waals surface area contributed by atoms with Crippen LogP contribution in [-0.2, 0) is 11.2 Å². The summed E-state index contributed by atoms with van der Waals surface area (Å²) in [4.78, 5) is 11.7. The van der Waals surface area contributed by atoms with Gasteiger partial charge in [-0.3, -0.25) is 4.79 Å². The molecule has 0 aliphatic carbocycles. The van der Waals surface area contributed by atoms with Gasteiger partial charge in [-0.25, -0.2) is 0 Å². The van der Waals surface area contributed by atoms with Crippen LogP contribution >= 0.6 is 0 Å². The molecule has 1 N–H and O–H groups in total. The minimum absolute atomic E-state index is 0.135. The molecule has 0 aliphatic heterocycles. The molecule has 0 bridgehead atoms. The number of nitrogens with one attached hydrogen (secondary N) is 1. The molecule has 4 heteroatoms. The van der Waals surface area contributed by atoms with Crippen LogP contribution in [0.3, 0.4) is 0 Å². The molecule has 1 aromatic carbocycles. The molecule has 1 heterocycles. The second kappa shape index (κ2) is 5.21. The van der Waals surface area contributed by atoms with Crippen LogP contribution in [-0.4, -0.2) is 13.0 Å². The predicted octanol–water partition coefficient (Wildman–Crippen LogP) is 2.47. The van der Waals surface area contributed by atoms with Gasteiger partial charge in [-0.05, 0) is 24.3 Å². The fourth-order valence-corrected chi connectivity index (χ4v) is 1.51. The monoisotopic (exact) mass is 231 g/mol. The van der Waals surface area contributed by atoms with Crippen molar-refractivity contribution in [2.45, 2.75) is 6.42 Å². The van der Waals surface area contributed by atoms with Crippen LogP contribution in [0.15, 0.2) is 47.1 Å². The highest BCUT2D eigenvalue weighted by molar-refractivity contribution is 5.93. The third kappa shape index (κ3) is 2.87. The summed E-state index contributed by atoms with van der Waals surface area (Å²) in [7, 11) is 1.57. The lowest BCUT2D eigenvalue weighted by molar-refractivity contribution is -0.115. The van der Waals surface area contributed by atoms with Gasteiger partial charge in [0.15, 0.2) is 0 Å². The van der Waals surface area contributed by atoms with Gasteiger partial charge in [-0.2, -0.15) is 0 Å². The van der Waals surface area contributed by atoms with E-state index in [0.29, 0.717) is 17.2 Å². The van der Waals surface area contributed by atoms with Gasteiger partial charge < -0.3 is 14.5 Å². The third-order valence-electron chi connectivity index (χ3n) is 2.30. The molecule has 0 aliphatic rings. The Morgan fingerprint density at radius 2 is 2.12 bits per heavy atom. The first kappa shape index (κ1) is 11.3. The van der Waals surface area contributed by atoms with Crippen molar-refractivity contribution in [1.82, 2.24) is 0 Å². The second-order valence-electron chi connectivity index (χ2n) is 3.50. The first-order chi connectivity index (χ1) is 8.29. The summed E-state index contributed by atoms with van der Waals surface area (Å²) in [6, 6.07) is 10.8. The maximum Gasteiger partial charge on any atom is 0.232 e. The van der Waals surface area contributed by atoms with E-state index in [9.17, 15) is 4.79 Å². The van der Waals surface area contributed by atoms with Crippen molar-refractivity contribution in [2.75, 3.05) is 12.4 Å².